The van der Waals surface area contributed by atoms with E-state index in [1.807, 2.05) is 18.2 Å². The van der Waals surface area contributed by atoms with Crippen LogP contribution in [0.15, 0.2) is 36.9 Å². The third kappa shape index (κ3) is 3.99. The van der Waals surface area contributed by atoms with Gasteiger partial charge in [-0.2, -0.15) is 11.8 Å². The van der Waals surface area contributed by atoms with Crippen LogP contribution < -0.4 is 0 Å². The van der Waals surface area contributed by atoms with Gasteiger partial charge in [-0.05, 0) is 23.3 Å². The topological polar surface area (TPSA) is 20.2 Å². The molecule has 0 heterocycles. The second-order valence-corrected chi connectivity index (χ2v) is 4.28. The summed E-state index contributed by atoms with van der Waals surface area (Å²) in [6.45, 7) is 4.31. The fourth-order valence-corrected chi connectivity index (χ4v) is 1.90. The second kappa shape index (κ2) is 6.68. The molecule has 0 aromatic heterocycles. The lowest BCUT2D eigenvalue weighted by Crippen LogP contribution is -1.90. The molecule has 0 amide bonds. The first-order chi connectivity index (χ1) is 6.84. The van der Waals surface area contributed by atoms with Crippen LogP contribution in [0.2, 0.25) is 0 Å². The van der Waals surface area contributed by atoms with Crippen LogP contribution in [0.4, 0.5) is 0 Å². The summed E-state index contributed by atoms with van der Waals surface area (Å²) in [7, 11) is 0. The van der Waals surface area contributed by atoms with Gasteiger partial charge in [0.25, 0.3) is 0 Å². The van der Waals surface area contributed by atoms with E-state index < -0.39 is 0 Å². The molecule has 76 valence electrons. The van der Waals surface area contributed by atoms with Crippen LogP contribution >= 0.6 is 11.8 Å². The Labute approximate surface area is 89.8 Å². The van der Waals surface area contributed by atoms with Crippen LogP contribution in [-0.2, 0) is 0 Å². The third-order valence-corrected chi connectivity index (χ3v) is 2.93. The van der Waals surface area contributed by atoms with Gasteiger partial charge in [-0.15, -0.1) is 0 Å². The molecule has 1 rings (SSSR count). The normalized spacial score (nSPS) is 10.1. The molecule has 1 aromatic rings. The Morgan fingerprint density at radius 3 is 2.57 bits per heavy atom. The summed E-state index contributed by atoms with van der Waals surface area (Å²) in [4.78, 5) is 0. The molecule has 0 unspecified atom stereocenters. The molecule has 2 heteroatoms. The average molecular weight is 208 g/mol. The molecule has 0 spiro atoms. The van der Waals surface area contributed by atoms with Crippen molar-refractivity contribution in [3.05, 3.63) is 42.5 Å². The standard InChI is InChI=1S/C12H16OS/c1-11(7-9-14-10-8-13)12-5-3-2-4-6-12/h2-6,13H,1,7-10H2. The molecular weight excluding hydrogens is 192 g/mol. The Bertz CT molecular complexity index is 269. The van der Waals surface area contributed by atoms with E-state index in [-0.39, 0.29) is 6.61 Å². The first-order valence-electron chi connectivity index (χ1n) is 4.76. The minimum Gasteiger partial charge on any atom is -0.396 e. The molecule has 1 aromatic carbocycles. The van der Waals surface area contributed by atoms with Crippen molar-refractivity contribution >= 4 is 17.3 Å². The molecule has 0 aliphatic heterocycles. The fourth-order valence-electron chi connectivity index (χ4n) is 1.18. The van der Waals surface area contributed by atoms with Crippen LogP contribution in [0.1, 0.15) is 12.0 Å². The zero-order valence-electron chi connectivity index (χ0n) is 8.28. The van der Waals surface area contributed by atoms with Gasteiger partial charge in [0, 0.05) is 5.75 Å². The zero-order valence-corrected chi connectivity index (χ0v) is 9.09. The highest BCUT2D eigenvalue weighted by Crippen LogP contribution is 2.17. The van der Waals surface area contributed by atoms with Crippen LogP contribution in [-0.4, -0.2) is 23.2 Å². The monoisotopic (exact) mass is 208 g/mol. The van der Waals surface area contributed by atoms with Crippen LogP contribution in [0, 0.1) is 0 Å². The van der Waals surface area contributed by atoms with Crippen LogP contribution in [0.25, 0.3) is 5.57 Å². The van der Waals surface area contributed by atoms with Crippen molar-refractivity contribution in [2.24, 2.45) is 0 Å². The summed E-state index contributed by atoms with van der Waals surface area (Å²) in [6, 6.07) is 10.2. The van der Waals surface area contributed by atoms with E-state index >= 15 is 0 Å². The number of allylic oxidation sites excluding steroid dienone is 1. The Balaban J connectivity index is 2.29. The molecule has 0 saturated carbocycles. The minimum atomic E-state index is 0.266. The van der Waals surface area contributed by atoms with Gasteiger partial charge in [0.05, 0.1) is 6.61 Å². The molecule has 0 aliphatic rings. The van der Waals surface area contributed by atoms with Crippen LogP contribution in [0.3, 0.4) is 0 Å². The number of aliphatic hydroxyl groups is 1. The summed E-state index contributed by atoms with van der Waals surface area (Å²) < 4.78 is 0. The summed E-state index contributed by atoms with van der Waals surface area (Å²) >= 11 is 1.77. The highest BCUT2D eigenvalue weighted by molar-refractivity contribution is 7.99. The molecule has 0 atom stereocenters. The van der Waals surface area contributed by atoms with Gasteiger partial charge in [-0.25, -0.2) is 0 Å². The van der Waals surface area contributed by atoms with E-state index in [1.165, 1.54) is 11.1 Å². The van der Waals surface area contributed by atoms with Crippen molar-refractivity contribution in [1.29, 1.82) is 0 Å². The minimum absolute atomic E-state index is 0.266. The number of benzene rings is 1. The van der Waals surface area contributed by atoms with Crippen LogP contribution in [0.5, 0.6) is 0 Å². The van der Waals surface area contributed by atoms with Gasteiger partial charge < -0.3 is 5.11 Å². The molecule has 1 N–H and O–H groups in total. The van der Waals surface area contributed by atoms with Gasteiger partial charge in [0.2, 0.25) is 0 Å². The number of thioether (sulfide) groups is 1. The predicted molar refractivity (Wildman–Crippen MR) is 64.5 cm³/mol. The number of hydrogen-bond donors (Lipinski definition) is 1. The molecule has 0 radical (unpaired) electrons. The lowest BCUT2D eigenvalue weighted by molar-refractivity contribution is 0.322. The van der Waals surface area contributed by atoms with Gasteiger partial charge in [0.1, 0.15) is 0 Å². The summed E-state index contributed by atoms with van der Waals surface area (Å²) in [5.41, 5.74) is 2.40. The molecular formula is C12H16OS. The first-order valence-corrected chi connectivity index (χ1v) is 5.92. The smallest absolute Gasteiger partial charge is 0.0521 e. The Morgan fingerprint density at radius 1 is 1.21 bits per heavy atom. The third-order valence-electron chi connectivity index (χ3n) is 1.97. The van der Waals surface area contributed by atoms with E-state index in [4.69, 9.17) is 5.11 Å². The SMILES string of the molecule is C=C(CCSCCO)c1ccccc1. The Morgan fingerprint density at radius 2 is 1.93 bits per heavy atom. The largest absolute Gasteiger partial charge is 0.396 e. The van der Waals surface area contributed by atoms with E-state index in [9.17, 15) is 0 Å². The molecule has 1 nitrogen and oxygen atoms in total. The van der Waals surface area contributed by atoms with Crippen molar-refractivity contribution < 1.29 is 5.11 Å². The quantitative estimate of drug-likeness (QED) is 0.725. The van der Waals surface area contributed by atoms with Crippen molar-refractivity contribution in [1.82, 2.24) is 0 Å². The van der Waals surface area contributed by atoms with Gasteiger partial charge in [0.15, 0.2) is 0 Å². The number of aliphatic hydroxyl groups excluding tert-OH is 1. The van der Waals surface area contributed by atoms with E-state index in [0.717, 1.165) is 17.9 Å². The van der Waals surface area contributed by atoms with Crippen molar-refractivity contribution in [2.45, 2.75) is 6.42 Å². The van der Waals surface area contributed by atoms with Crippen molar-refractivity contribution in [2.75, 3.05) is 18.1 Å². The average Bonchev–Trinajstić information content (AvgIpc) is 2.25. The van der Waals surface area contributed by atoms with E-state index in [0.29, 0.717) is 0 Å². The lowest BCUT2D eigenvalue weighted by atomic mass is 10.1. The van der Waals surface area contributed by atoms with Crippen molar-refractivity contribution in [3.63, 3.8) is 0 Å². The van der Waals surface area contributed by atoms with Gasteiger partial charge >= 0.3 is 0 Å². The van der Waals surface area contributed by atoms with E-state index in [1.54, 1.807) is 11.8 Å². The molecule has 0 aliphatic carbocycles. The zero-order chi connectivity index (χ0) is 10.2. The Hall–Kier alpha value is -0.730. The fraction of sp³-hybridized carbons (Fsp3) is 0.333. The van der Waals surface area contributed by atoms with Gasteiger partial charge in [-0.3, -0.25) is 0 Å². The van der Waals surface area contributed by atoms with E-state index in [2.05, 4.69) is 18.7 Å². The number of rotatable bonds is 6. The molecule has 14 heavy (non-hydrogen) atoms. The molecule has 0 fully saturated rings. The summed E-state index contributed by atoms with van der Waals surface area (Å²) in [5, 5.41) is 8.61. The highest BCUT2D eigenvalue weighted by Gasteiger charge is 1.97. The van der Waals surface area contributed by atoms with Gasteiger partial charge in [-0.1, -0.05) is 36.9 Å². The predicted octanol–water partition coefficient (Wildman–Crippen LogP) is 2.82. The Kier molecular flexibility index (Phi) is 5.42. The maximum absolute atomic E-state index is 8.61. The lowest BCUT2D eigenvalue weighted by Gasteiger charge is -2.04. The molecule has 0 saturated heterocycles. The van der Waals surface area contributed by atoms with Crippen molar-refractivity contribution in [3.8, 4) is 0 Å². The highest BCUT2D eigenvalue weighted by atomic mass is 32.2. The first kappa shape index (κ1) is 11.3. The number of hydrogen-bond acceptors (Lipinski definition) is 2. The second-order valence-electron chi connectivity index (χ2n) is 3.06. The molecule has 0 bridgehead atoms. The summed E-state index contributed by atoms with van der Waals surface area (Å²) in [6.07, 6.45) is 0.995. The maximum atomic E-state index is 8.61. The maximum Gasteiger partial charge on any atom is 0.0521 e. The summed E-state index contributed by atoms with van der Waals surface area (Å²) in [5.74, 6) is 1.86.